The molecule has 0 bridgehead atoms. The molecule has 150 valence electrons. The van der Waals surface area contributed by atoms with Gasteiger partial charge in [-0.3, -0.25) is 0 Å². The van der Waals surface area contributed by atoms with E-state index in [4.69, 9.17) is 14.2 Å². The molecule has 1 aliphatic heterocycles. The Morgan fingerprint density at radius 1 is 0.759 bits per heavy atom. The molecule has 0 saturated carbocycles. The fourth-order valence-corrected chi connectivity index (χ4v) is 5.93. The zero-order chi connectivity index (χ0) is 19.7. The molecule has 3 nitrogen and oxygen atoms in total. The summed E-state index contributed by atoms with van der Waals surface area (Å²) in [5, 5.41) is 0. The Morgan fingerprint density at radius 3 is 2.00 bits per heavy atom. The summed E-state index contributed by atoms with van der Waals surface area (Å²) in [6, 6.07) is 31.3. The topological polar surface area (TPSA) is 27.7 Å². The second-order valence-electron chi connectivity index (χ2n) is 7.10. The Balaban J connectivity index is 1.38. The second-order valence-corrected chi connectivity index (χ2v) is 9.86. The summed E-state index contributed by atoms with van der Waals surface area (Å²) in [5.74, 6) is 0. The van der Waals surface area contributed by atoms with Gasteiger partial charge in [-0.15, -0.1) is 0 Å². The van der Waals surface area contributed by atoms with Gasteiger partial charge < -0.3 is 0 Å². The van der Waals surface area contributed by atoms with Crippen LogP contribution in [0.5, 0.6) is 0 Å². The van der Waals surface area contributed by atoms with Gasteiger partial charge in [0.25, 0.3) is 0 Å². The minimum absolute atomic E-state index is 0.0296. The van der Waals surface area contributed by atoms with Crippen LogP contribution in [0.1, 0.15) is 11.1 Å². The molecule has 1 heterocycles. The molecule has 3 atom stereocenters. The van der Waals surface area contributed by atoms with E-state index in [1.165, 1.54) is 15.6 Å². The Bertz CT molecular complexity index is 842. The molecular formula is C25H26O3Se. The summed E-state index contributed by atoms with van der Waals surface area (Å²) >= 11 is 0.302. The van der Waals surface area contributed by atoms with Gasteiger partial charge in [0, 0.05) is 0 Å². The number of rotatable bonds is 9. The summed E-state index contributed by atoms with van der Waals surface area (Å²) in [4.78, 5) is 0.388. The van der Waals surface area contributed by atoms with E-state index in [1.807, 2.05) is 24.3 Å². The van der Waals surface area contributed by atoms with Crippen LogP contribution in [0.2, 0.25) is 4.82 Å². The number of benzene rings is 3. The first-order valence-corrected chi connectivity index (χ1v) is 11.8. The van der Waals surface area contributed by atoms with Crippen molar-refractivity contribution in [2.45, 2.75) is 30.2 Å². The van der Waals surface area contributed by atoms with Crippen LogP contribution in [-0.2, 0) is 27.4 Å². The van der Waals surface area contributed by atoms with Crippen molar-refractivity contribution in [3.05, 3.63) is 102 Å². The van der Waals surface area contributed by atoms with Gasteiger partial charge in [-0.25, -0.2) is 0 Å². The standard InChI is InChI=1S/C25H26O3Se/c1-4-10-20(11-5-1)16-26-18-23-25(28-17-21-12-6-2-7-13-21)24(19-27-23)29-22-14-8-3-9-15-22/h1-15,23-25H,16-19H2/t23-,24?,25+/m1/s1. The van der Waals surface area contributed by atoms with Crippen molar-refractivity contribution in [2.75, 3.05) is 13.2 Å². The quantitative estimate of drug-likeness (QED) is 0.459. The molecule has 29 heavy (non-hydrogen) atoms. The molecule has 4 heteroatoms. The first kappa shape index (κ1) is 20.3. The van der Waals surface area contributed by atoms with E-state index in [0.29, 0.717) is 39.6 Å². The molecule has 0 N–H and O–H groups in total. The van der Waals surface area contributed by atoms with Gasteiger partial charge in [-0.2, -0.15) is 0 Å². The molecule has 0 aliphatic carbocycles. The Labute approximate surface area is 179 Å². The maximum atomic E-state index is 6.40. The molecule has 1 aliphatic rings. The fraction of sp³-hybridized carbons (Fsp3) is 0.280. The van der Waals surface area contributed by atoms with Gasteiger partial charge in [0.2, 0.25) is 0 Å². The van der Waals surface area contributed by atoms with E-state index in [1.54, 1.807) is 0 Å². The van der Waals surface area contributed by atoms with Crippen molar-refractivity contribution in [1.82, 2.24) is 0 Å². The van der Waals surface area contributed by atoms with E-state index >= 15 is 0 Å². The molecule has 0 spiro atoms. The van der Waals surface area contributed by atoms with Crippen LogP contribution in [0.25, 0.3) is 0 Å². The normalized spacial score (nSPS) is 21.3. The van der Waals surface area contributed by atoms with Gasteiger partial charge in [0.05, 0.1) is 0 Å². The molecule has 1 fully saturated rings. The van der Waals surface area contributed by atoms with Crippen molar-refractivity contribution >= 4 is 19.4 Å². The van der Waals surface area contributed by atoms with Gasteiger partial charge in [0.1, 0.15) is 0 Å². The molecule has 3 aromatic carbocycles. The second kappa shape index (κ2) is 10.7. The van der Waals surface area contributed by atoms with Gasteiger partial charge >= 0.3 is 179 Å². The predicted molar refractivity (Wildman–Crippen MR) is 116 cm³/mol. The van der Waals surface area contributed by atoms with Crippen LogP contribution in [0, 0.1) is 0 Å². The zero-order valence-corrected chi connectivity index (χ0v) is 18.1. The van der Waals surface area contributed by atoms with E-state index < -0.39 is 0 Å². The Hall–Kier alpha value is -1.94. The van der Waals surface area contributed by atoms with E-state index in [9.17, 15) is 0 Å². The number of hydrogen-bond donors (Lipinski definition) is 0. The fourth-order valence-electron chi connectivity index (χ4n) is 3.41. The van der Waals surface area contributed by atoms with Crippen LogP contribution < -0.4 is 4.46 Å². The number of ether oxygens (including phenoxy) is 3. The van der Waals surface area contributed by atoms with Gasteiger partial charge in [0.15, 0.2) is 0 Å². The third kappa shape index (κ3) is 6.02. The van der Waals surface area contributed by atoms with Crippen molar-refractivity contribution in [1.29, 1.82) is 0 Å². The van der Waals surface area contributed by atoms with Crippen LogP contribution in [0.4, 0.5) is 0 Å². The van der Waals surface area contributed by atoms with E-state index in [0.717, 1.165) is 6.61 Å². The molecule has 0 radical (unpaired) electrons. The molecule has 3 aromatic rings. The minimum atomic E-state index is -0.0296. The van der Waals surface area contributed by atoms with E-state index in [-0.39, 0.29) is 12.2 Å². The molecule has 0 amide bonds. The average molecular weight is 453 g/mol. The molecule has 1 unspecified atom stereocenters. The molecular weight excluding hydrogens is 427 g/mol. The monoisotopic (exact) mass is 454 g/mol. The van der Waals surface area contributed by atoms with Gasteiger partial charge in [-0.1, -0.05) is 0 Å². The van der Waals surface area contributed by atoms with Crippen molar-refractivity contribution in [3.8, 4) is 0 Å². The first-order valence-electron chi connectivity index (χ1n) is 9.99. The van der Waals surface area contributed by atoms with Crippen molar-refractivity contribution in [2.24, 2.45) is 0 Å². The maximum absolute atomic E-state index is 6.40. The summed E-state index contributed by atoms with van der Waals surface area (Å²) in [7, 11) is 0. The summed E-state index contributed by atoms with van der Waals surface area (Å²) in [5.41, 5.74) is 2.37. The average Bonchev–Trinajstić information content (AvgIpc) is 3.16. The molecule has 0 aromatic heterocycles. The van der Waals surface area contributed by atoms with Gasteiger partial charge in [-0.05, 0) is 0 Å². The van der Waals surface area contributed by atoms with Crippen LogP contribution >= 0.6 is 0 Å². The first-order chi connectivity index (χ1) is 14.4. The van der Waals surface area contributed by atoms with Crippen molar-refractivity contribution < 1.29 is 14.2 Å². The third-order valence-corrected chi connectivity index (χ3v) is 7.54. The third-order valence-electron chi connectivity index (χ3n) is 4.92. The zero-order valence-electron chi connectivity index (χ0n) is 16.4. The summed E-state index contributed by atoms with van der Waals surface area (Å²) < 4.78 is 19.9. The predicted octanol–water partition coefficient (Wildman–Crippen LogP) is 4.01. The summed E-state index contributed by atoms with van der Waals surface area (Å²) in [6.45, 7) is 2.48. The SMILES string of the molecule is c1ccc(COC[C@H]2OCC([Se]c3ccccc3)[C@H]2OCc2ccccc2)cc1. The number of hydrogen-bond acceptors (Lipinski definition) is 3. The summed E-state index contributed by atoms with van der Waals surface area (Å²) in [6.07, 6.45) is 0.0178. The van der Waals surface area contributed by atoms with Crippen LogP contribution in [-0.4, -0.2) is 40.4 Å². The molecule has 4 rings (SSSR count). The molecule has 1 saturated heterocycles. The van der Waals surface area contributed by atoms with Crippen LogP contribution in [0.15, 0.2) is 91.0 Å². The Morgan fingerprint density at radius 2 is 1.34 bits per heavy atom. The van der Waals surface area contributed by atoms with Crippen LogP contribution in [0.3, 0.4) is 0 Å². The van der Waals surface area contributed by atoms with E-state index in [2.05, 4.69) is 66.7 Å². The van der Waals surface area contributed by atoms with Crippen molar-refractivity contribution in [3.63, 3.8) is 0 Å². The Kier molecular flexibility index (Phi) is 7.52.